The molecule has 182 valence electrons. The predicted molar refractivity (Wildman–Crippen MR) is 144 cm³/mol. The fourth-order valence-electron chi connectivity index (χ4n) is 3.61. The third-order valence-electron chi connectivity index (χ3n) is 5.43. The Labute approximate surface area is 218 Å². The molecular formula is C29H26BrN3O3. The molecule has 0 aliphatic carbocycles. The minimum Gasteiger partial charge on any atom is -0.452 e. The van der Waals surface area contributed by atoms with Gasteiger partial charge in [-0.05, 0) is 48.7 Å². The molecule has 4 aromatic rings. The molecule has 0 aliphatic heterocycles. The summed E-state index contributed by atoms with van der Waals surface area (Å²) in [6, 6.07) is 27.6. The van der Waals surface area contributed by atoms with Crippen LogP contribution in [0.3, 0.4) is 0 Å². The molecular weight excluding hydrogens is 518 g/mol. The monoisotopic (exact) mass is 543 g/mol. The largest absolute Gasteiger partial charge is 0.452 e. The number of aryl methyl sites for hydroxylation is 1. The van der Waals surface area contributed by atoms with Crippen LogP contribution in [0, 0.1) is 0 Å². The lowest BCUT2D eigenvalue weighted by atomic mass is 10.1. The Hall–Kier alpha value is -3.97. The maximum atomic E-state index is 12.3. The summed E-state index contributed by atoms with van der Waals surface area (Å²) in [5, 5.41) is 7.51. The lowest BCUT2D eigenvalue weighted by Gasteiger charge is -2.05. The van der Waals surface area contributed by atoms with E-state index in [1.54, 1.807) is 10.8 Å². The molecule has 0 saturated carbocycles. The van der Waals surface area contributed by atoms with Crippen molar-refractivity contribution in [2.24, 2.45) is 0 Å². The van der Waals surface area contributed by atoms with Crippen molar-refractivity contribution in [3.63, 3.8) is 0 Å². The van der Waals surface area contributed by atoms with Crippen LogP contribution in [0.1, 0.15) is 17.5 Å². The molecule has 6 nitrogen and oxygen atoms in total. The van der Waals surface area contributed by atoms with Gasteiger partial charge in [-0.15, -0.1) is 0 Å². The molecule has 0 aliphatic rings. The number of hydrogen-bond donors (Lipinski definition) is 1. The van der Waals surface area contributed by atoms with Gasteiger partial charge in [0.2, 0.25) is 0 Å². The van der Waals surface area contributed by atoms with Gasteiger partial charge in [0.25, 0.3) is 5.91 Å². The summed E-state index contributed by atoms with van der Waals surface area (Å²) in [6.45, 7) is 0.202. The van der Waals surface area contributed by atoms with Gasteiger partial charge in [0.05, 0.1) is 11.4 Å². The SMILES string of the molecule is O=C(COC(=O)C=Cc1cn(-c2ccccc2)nc1-c1ccc(Br)cc1)NCCCc1ccccc1. The van der Waals surface area contributed by atoms with Crippen LogP contribution in [-0.4, -0.2) is 34.8 Å². The van der Waals surface area contributed by atoms with Gasteiger partial charge in [-0.2, -0.15) is 5.10 Å². The number of benzene rings is 3. The summed E-state index contributed by atoms with van der Waals surface area (Å²) in [4.78, 5) is 24.3. The highest BCUT2D eigenvalue weighted by Gasteiger charge is 2.12. The van der Waals surface area contributed by atoms with Crippen molar-refractivity contribution in [3.05, 3.63) is 113 Å². The Kier molecular flexibility index (Phi) is 8.83. The smallest absolute Gasteiger partial charge is 0.331 e. The summed E-state index contributed by atoms with van der Waals surface area (Å²) in [6.07, 6.45) is 6.52. The van der Waals surface area contributed by atoms with Crippen LogP contribution in [0.25, 0.3) is 23.0 Å². The highest BCUT2D eigenvalue weighted by Crippen LogP contribution is 2.26. The summed E-state index contributed by atoms with van der Waals surface area (Å²) < 4.78 is 7.86. The van der Waals surface area contributed by atoms with Gasteiger partial charge in [0, 0.05) is 34.4 Å². The average molecular weight is 544 g/mol. The Morgan fingerprint density at radius 3 is 2.36 bits per heavy atom. The van der Waals surface area contributed by atoms with Crippen LogP contribution in [-0.2, 0) is 20.7 Å². The minimum atomic E-state index is -0.594. The van der Waals surface area contributed by atoms with Crippen LogP contribution >= 0.6 is 15.9 Å². The van der Waals surface area contributed by atoms with E-state index in [0.29, 0.717) is 6.54 Å². The molecule has 0 atom stereocenters. The van der Waals surface area contributed by atoms with Crippen molar-refractivity contribution in [3.8, 4) is 16.9 Å². The minimum absolute atomic E-state index is 0.322. The zero-order valence-electron chi connectivity index (χ0n) is 19.6. The first kappa shape index (κ1) is 25.1. The van der Waals surface area contributed by atoms with Gasteiger partial charge in [-0.25, -0.2) is 9.48 Å². The molecule has 1 N–H and O–H groups in total. The molecule has 1 heterocycles. The Morgan fingerprint density at radius 2 is 1.64 bits per heavy atom. The summed E-state index contributed by atoms with van der Waals surface area (Å²) in [5.74, 6) is -0.916. The first-order valence-corrected chi connectivity index (χ1v) is 12.4. The number of halogens is 1. The third kappa shape index (κ3) is 7.26. The maximum Gasteiger partial charge on any atom is 0.331 e. The van der Waals surface area contributed by atoms with E-state index < -0.39 is 5.97 Å². The van der Waals surface area contributed by atoms with Crippen LogP contribution < -0.4 is 5.32 Å². The van der Waals surface area contributed by atoms with E-state index in [-0.39, 0.29) is 12.5 Å². The van der Waals surface area contributed by atoms with Crippen molar-refractivity contribution in [1.29, 1.82) is 0 Å². The van der Waals surface area contributed by atoms with Crippen LogP contribution in [0.4, 0.5) is 0 Å². The van der Waals surface area contributed by atoms with Gasteiger partial charge in [0.1, 0.15) is 0 Å². The van der Waals surface area contributed by atoms with E-state index in [1.807, 2.05) is 79.0 Å². The van der Waals surface area contributed by atoms with Crippen molar-refractivity contribution in [2.75, 3.05) is 13.2 Å². The first-order chi connectivity index (χ1) is 17.6. The number of hydrogen-bond acceptors (Lipinski definition) is 4. The zero-order valence-corrected chi connectivity index (χ0v) is 21.2. The maximum absolute atomic E-state index is 12.3. The van der Waals surface area contributed by atoms with Gasteiger partial charge in [-0.3, -0.25) is 4.79 Å². The summed E-state index contributed by atoms with van der Waals surface area (Å²) >= 11 is 3.45. The number of para-hydroxylation sites is 1. The fourth-order valence-corrected chi connectivity index (χ4v) is 3.88. The second-order valence-electron chi connectivity index (χ2n) is 8.10. The predicted octanol–water partition coefficient (Wildman–Crippen LogP) is 5.61. The molecule has 4 rings (SSSR count). The van der Waals surface area contributed by atoms with E-state index in [1.165, 1.54) is 11.6 Å². The van der Waals surface area contributed by atoms with E-state index in [4.69, 9.17) is 9.84 Å². The van der Waals surface area contributed by atoms with Gasteiger partial charge >= 0.3 is 5.97 Å². The molecule has 0 radical (unpaired) electrons. The number of ether oxygens (including phenoxy) is 1. The molecule has 0 saturated heterocycles. The number of nitrogens with zero attached hydrogens (tertiary/aromatic N) is 2. The number of esters is 1. The molecule has 7 heteroatoms. The highest BCUT2D eigenvalue weighted by atomic mass is 79.9. The quantitative estimate of drug-likeness (QED) is 0.160. The standard InChI is InChI=1S/C29H26BrN3O3/c30-25-16-13-23(14-17-25)29-24(20-33(32-29)26-11-5-2-6-12-26)15-18-28(35)36-21-27(34)31-19-7-10-22-8-3-1-4-9-22/h1-6,8-9,11-18,20H,7,10,19,21H2,(H,31,34). The molecule has 1 amide bonds. The topological polar surface area (TPSA) is 73.2 Å². The van der Waals surface area contributed by atoms with Crippen LogP contribution in [0.5, 0.6) is 0 Å². The summed E-state index contributed by atoms with van der Waals surface area (Å²) in [7, 11) is 0. The first-order valence-electron chi connectivity index (χ1n) is 11.6. The molecule has 0 bridgehead atoms. The highest BCUT2D eigenvalue weighted by molar-refractivity contribution is 9.10. The number of carbonyl (C=O) groups excluding carboxylic acids is 2. The van der Waals surface area contributed by atoms with Crippen LogP contribution in [0.15, 0.2) is 102 Å². The van der Waals surface area contributed by atoms with Gasteiger partial charge < -0.3 is 10.1 Å². The normalized spacial score (nSPS) is 10.9. The fraction of sp³-hybridized carbons (Fsp3) is 0.138. The molecule has 1 aromatic heterocycles. The van der Waals surface area contributed by atoms with Crippen LogP contribution in [0.2, 0.25) is 0 Å². The van der Waals surface area contributed by atoms with E-state index in [9.17, 15) is 9.59 Å². The van der Waals surface area contributed by atoms with Crippen molar-refractivity contribution < 1.29 is 14.3 Å². The lowest BCUT2D eigenvalue weighted by molar-refractivity contribution is -0.143. The average Bonchev–Trinajstić information content (AvgIpc) is 3.34. The van der Waals surface area contributed by atoms with Gasteiger partial charge in [-0.1, -0.05) is 76.6 Å². The Morgan fingerprint density at radius 1 is 0.944 bits per heavy atom. The van der Waals surface area contributed by atoms with Crippen molar-refractivity contribution in [2.45, 2.75) is 12.8 Å². The number of amides is 1. The van der Waals surface area contributed by atoms with Crippen molar-refractivity contribution >= 4 is 33.9 Å². The van der Waals surface area contributed by atoms with E-state index in [2.05, 4.69) is 33.4 Å². The lowest BCUT2D eigenvalue weighted by Crippen LogP contribution is -2.29. The van der Waals surface area contributed by atoms with Gasteiger partial charge in [0.15, 0.2) is 6.61 Å². The molecule has 0 spiro atoms. The molecule has 3 aromatic carbocycles. The number of nitrogens with one attached hydrogen (secondary N) is 1. The number of carbonyl (C=O) groups is 2. The number of aromatic nitrogens is 2. The second kappa shape index (κ2) is 12.7. The summed E-state index contributed by atoms with van der Waals surface area (Å²) in [5.41, 5.74) is 4.52. The molecule has 0 unspecified atom stereocenters. The molecule has 36 heavy (non-hydrogen) atoms. The van der Waals surface area contributed by atoms with E-state index in [0.717, 1.165) is 39.8 Å². The molecule has 0 fully saturated rings. The second-order valence-corrected chi connectivity index (χ2v) is 9.02. The van der Waals surface area contributed by atoms with E-state index >= 15 is 0 Å². The zero-order chi connectivity index (χ0) is 25.2. The van der Waals surface area contributed by atoms with Crippen molar-refractivity contribution in [1.82, 2.24) is 15.1 Å². The third-order valence-corrected chi connectivity index (χ3v) is 5.96. The Balaban J connectivity index is 1.34. The number of rotatable bonds is 10. The Bertz CT molecular complexity index is 1320.